The Kier molecular flexibility index (Phi) is 4.16. The molecule has 2 aliphatic carbocycles. The van der Waals surface area contributed by atoms with Gasteiger partial charge in [0.1, 0.15) is 11.0 Å². The van der Waals surface area contributed by atoms with E-state index in [1.165, 1.54) is 7.11 Å². The van der Waals surface area contributed by atoms with Crippen LogP contribution in [0.4, 0.5) is 0 Å². The molecular formula is C17H21ClN4O3. The van der Waals surface area contributed by atoms with Crippen LogP contribution in [-0.2, 0) is 14.3 Å². The third-order valence-corrected chi connectivity index (χ3v) is 5.71. The second kappa shape index (κ2) is 6.21. The van der Waals surface area contributed by atoms with E-state index >= 15 is 0 Å². The largest absolute Gasteiger partial charge is 0.467 e. The lowest BCUT2D eigenvalue weighted by Crippen LogP contribution is -2.44. The summed E-state index contributed by atoms with van der Waals surface area (Å²) in [6.45, 7) is 0. The minimum Gasteiger partial charge on any atom is -0.467 e. The summed E-state index contributed by atoms with van der Waals surface area (Å²) in [5.41, 5.74) is -0.0383. The van der Waals surface area contributed by atoms with Gasteiger partial charge in [0, 0.05) is 13.0 Å². The Labute approximate surface area is 150 Å². The molecule has 7 nitrogen and oxygen atoms in total. The van der Waals surface area contributed by atoms with Crippen LogP contribution in [0, 0.1) is 0 Å². The van der Waals surface area contributed by atoms with Gasteiger partial charge >= 0.3 is 5.97 Å². The van der Waals surface area contributed by atoms with Crippen molar-refractivity contribution in [1.29, 1.82) is 0 Å². The second-order valence-corrected chi connectivity index (χ2v) is 7.25. The lowest BCUT2D eigenvalue weighted by Gasteiger charge is -2.36. The van der Waals surface area contributed by atoms with Crippen molar-refractivity contribution in [3.63, 3.8) is 0 Å². The maximum absolute atomic E-state index is 12.1. The van der Waals surface area contributed by atoms with Gasteiger partial charge in [-0.1, -0.05) is 11.6 Å². The molecule has 2 aromatic heterocycles. The summed E-state index contributed by atoms with van der Waals surface area (Å²) < 4.78 is 12.4. The number of halogens is 1. The molecule has 0 unspecified atom stereocenters. The number of ether oxygens (including phenoxy) is 2. The second-order valence-electron chi connectivity index (χ2n) is 6.89. The van der Waals surface area contributed by atoms with E-state index in [0.717, 1.165) is 42.5 Å². The highest BCUT2D eigenvalue weighted by Crippen LogP contribution is 2.41. The van der Waals surface area contributed by atoms with Gasteiger partial charge in [-0.2, -0.15) is 5.10 Å². The first-order chi connectivity index (χ1) is 12.1. The van der Waals surface area contributed by atoms with Crippen molar-refractivity contribution in [3.8, 4) is 0 Å². The number of esters is 1. The number of carbonyl (C=O) groups excluding carboxylic acids is 1. The maximum atomic E-state index is 12.1. The Balaban J connectivity index is 1.61. The van der Waals surface area contributed by atoms with Gasteiger partial charge in [-0.25, -0.2) is 19.4 Å². The Morgan fingerprint density at radius 1 is 1.24 bits per heavy atom. The molecule has 0 atom stereocenters. The smallest absolute Gasteiger partial charge is 0.338 e. The first-order valence-electron chi connectivity index (χ1n) is 8.62. The highest BCUT2D eigenvalue weighted by molar-refractivity contribution is 6.33. The molecule has 134 valence electrons. The quantitative estimate of drug-likeness (QED) is 0.613. The number of nitrogens with zero attached hydrogens (tertiary/aromatic N) is 4. The van der Waals surface area contributed by atoms with Crippen LogP contribution in [0.2, 0.25) is 5.15 Å². The van der Waals surface area contributed by atoms with Crippen molar-refractivity contribution < 1.29 is 14.3 Å². The number of hydrogen-bond acceptors (Lipinski definition) is 6. The molecule has 2 heterocycles. The minimum absolute atomic E-state index is 0.150. The zero-order chi connectivity index (χ0) is 17.6. The molecule has 0 spiro atoms. The molecule has 2 aliphatic rings. The fourth-order valence-electron chi connectivity index (χ4n) is 3.70. The van der Waals surface area contributed by atoms with Crippen LogP contribution in [0.25, 0.3) is 11.0 Å². The molecule has 2 fully saturated rings. The van der Waals surface area contributed by atoms with Gasteiger partial charge < -0.3 is 9.47 Å². The number of methoxy groups -OCH3 is 2. The Hall–Kier alpha value is -1.73. The highest BCUT2D eigenvalue weighted by Gasteiger charge is 2.44. The van der Waals surface area contributed by atoms with Crippen LogP contribution in [0.15, 0.2) is 6.20 Å². The summed E-state index contributed by atoms with van der Waals surface area (Å²) in [7, 11) is 2.95. The highest BCUT2D eigenvalue weighted by atomic mass is 35.5. The predicted molar refractivity (Wildman–Crippen MR) is 91.6 cm³/mol. The molecule has 0 amide bonds. The fourth-order valence-corrected chi connectivity index (χ4v) is 3.92. The van der Waals surface area contributed by atoms with Gasteiger partial charge in [-0.15, -0.1) is 0 Å². The molecule has 0 aliphatic heterocycles. The first-order valence-corrected chi connectivity index (χ1v) is 9.00. The third-order valence-electron chi connectivity index (χ3n) is 5.42. The fraction of sp³-hybridized carbons (Fsp3) is 0.647. The topological polar surface area (TPSA) is 79.1 Å². The van der Waals surface area contributed by atoms with Gasteiger partial charge in [-0.3, -0.25) is 0 Å². The molecular weight excluding hydrogens is 344 g/mol. The van der Waals surface area contributed by atoms with E-state index in [2.05, 4.69) is 10.1 Å². The Morgan fingerprint density at radius 2 is 1.96 bits per heavy atom. The molecule has 0 N–H and O–H groups in total. The van der Waals surface area contributed by atoms with Crippen LogP contribution in [-0.4, -0.2) is 45.5 Å². The van der Waals surface area contributed by atoms with Crippen molar-refractivity contribution in [2.75, 3.05) is 14.2 Å². The number of rotatable bonds is 4. The van der Waals surface area contributed by atoms with Crippen molar-refractivity contribution in [3.05, 3.63) is 17.2 Å². The summed E-state index contributed by atoms with van der Waals surface area (Å²) in [5, 5.41) is 5.67. The van der Waals surface area contributed by atoms with E-state index in [-0.39, 0.29) is 11.9 Å². The summed E-state index contributed by atoms with van der Waals surface area (Å²) in [6.07, 6.45) is 6.68. The number of hydrogen-bond donors (Lipinski definition) is 0. The van der Waals surface area contributed by atoms with Crippen LogP contribution in [0.3, 0.4) is 0 Å². The van der Waals surface area contributed by atoms with Crippen molar-refractivity contribution in [2.24, 2.45) is 0 Å². The van der Waals surface area contributed by atoms with Crippen molar-refractivity contribution in [1.82, 2.24) is 19.7 Å². The predicted octanol–water partition coefficient (Wildman–Crippen LogP) is 3.03. The van der Waals surface area contributed by atoms with E-state index in [1.54, 1.807) is 13.3 Å². The van der Waals surface area contributed by atoms with E-state index in [9.17, 15) is 4.79 Å². The number of aromatic nitrogens is 4. The molecule has 25 heavy (non-hydrogen) atoms. The lowest BCUT2D eigenvalue weighted by atomic mass is 9.78. The molecule has 0 saturated heterocycles. The third kappa shape index (κ3) is 2.79. The van der Waals surface area contributed by atoms with Gasteiger partial charge in [0.05, 0.1) is 24.7 Å². The molecule has 4 rings (SSSR count). The summed E-state index contributed by atoms with van der Waals surface area (Å²) in [5.74, 6) is 0.571. The van der Waals surface area contributed by atoms with E-state index in [4.69, 9.17) is 26.1 Å². The van der Waals surface area contributed by atoms with E-state index in [0.29, 0.717) is 24.0 Å². The summed E-state index contributed by atoms with van der Waals surface area (Å²) in [4.78, 5) is 21.3. The van der Waals surface area contributed by atoms with Crippen LogP contribution >= 0.6 is 11.6 Å². The average molecular weight is 365 g/mol. The molecule has 8 heteroatoms. The normalized spacial score (nSPS) is 26.8. The monoisotopic (exact) mass is 364 g/mol. The van der Waals surface area contributed by atoms with Gasteiger partial charge in [0.2, 0.25) is 0 Å². The van der Waals surface area contributed by atoms with Crippen LogP contribution in [0.5, 0.6) is 0 Å². The SMILES string of the molecule is COC(=O)C1(OC)CCC(c2nc(Cl)c3cnn(C4CC4)c3n2)CC1. The first kappa shape index (κ1) is 16.7. The van der Waals surface area contributed by atoms with Gasteiger partial charge in [0.25, 0.3) is 0 Å². The molecule has 0 radical (unpaired) electrons. The van der Waals surface area contributed by atoms with Gasteiger partial charge in [-0.05, 0) is 38.5 Å². The average Bonchev–Trinajstić information content (AvgIpc) is 3.40. The van der Waals surface area contributed by atoms with Crippen molar-refractivity contribution in [2.45, 2.75) is 56.1 Å². The zero-order valence-corrected chi connectivity index (χ0v) is 15.1. The molecule has 2 saturated carbocycles. The zero-order valence-electron chi connectivity index (χ0n) is 14.4. The molecule has 0 bridgehead atoms. The standard InChI is InChI=1S/C17H21ClN4O3/c1-24-16(23)17(25-2)7-5-10(6-8-17)14-20-13(18)12-9-19-22(11-3-4-11)15(12)21-14/h9-11H,3-8H2,1-2H3. The van der Waals surface area contributed by atoms with Crippen LogP contribution < -0.4 is 0 Å². The van der Waals surface area contributed by atoms with E-state index < -0.39 is 5.60 Å². The Morgan fingerprint density at radius 3 is 2.56 bits per heavy atom. The number of fused-ring (bicyclic) bond motifs is 1. The van der Waals surface area contributed by atoms with E-state index in [1.807, 2.05) is 4.68 Å². The minimum atomic E-state index is -0.852. The van der Waals surface area contributed by atoms with Crippen LogP contribution in [0.1, 0.15) is 56.3 Å². The lowest BCUT2D eigenvalue weighted by molar-refractivity contribution is -0.170. The summed E-state index contributed by atoms with van der Waals surface area (Å²) >= 11 is 6.37. The molecule has 0 aromatic carbocycles. The van der Waals surface area contributed by atoms with Gasteiger partial charge in [0.15, 0.2) is 11.2 Å². The maximum Gasteiger partial charge on any atom is 0.338 e. The molecule has 2 aromatic rings. The Bertz CT molecular complexity index is 810. The van der Waals surface area contributed by atoms with Crippen molar-refractivity contribution >= 4 is 28.6 Å². The number of carbonyl (C=O) groups is 1. The summed E-state index contributed by atoms with van der Waals surface area (Å²) in [6, 6.07) is 0.433.